The van der Waals surface area contributed by atoms with Gasteiger partial charge in [0.15, 0.2) is 5.96 Å². The summed E-state index contributed by atoms with van der Waals surface area (Å²) in [5.74, 6) is 1.66. The van der Waals surface area contributed by atoms with E-state index in [0.29, 0.717) is 13.1 Å². The van der Waals surface area contributed by atoms with Crippen LogP contribution in [0.25, 0.3) is 0 Å². The summed E-state index contributed by atoms with van der Waals surface area (Å²) in [6, 6.07) is 10.1. The summed E-state index contributed by atoms with van der Waals surface area (Å²) in [5, 5.41) is 10.7. The van der Waals surface area contributed by atoms with Crippen LogP contribution in [-0.2, 0) is 20.1 Å². The van der Waals surface area contributed by atoms with E-state index < -0.39 is 0 Å². The van der Waals surface area contributed by atoms with Crippen molar-refractivity contribution in [2.45, 2.75) is 26.4 Å². The summed E-state index contributed by atoms with van der Waals surface area (Å²) in [6.45, 7) is 4.21. The second kappa shape index (κ2) is 8.82. The van der Waals surface area contributed by atoms with Crippen molar-refractivity contribution in [2.24, 2.45) is 12.0 Å². The third-order valence-corrected chi connectivity index (χ3v) is 3.41. The lowest BCUT2D eigenvalue weighted by Crippen LogP contribution is -2.36. The Morgan fingerprint density at radius 2 is 2.09 bits per heavy atom. The number of benzene rings is 1. The number of nitrogens with one attached hydrogen (secondary N) is 2. The van der Waals surface area contributed by atoms with Gasteiger partial charge in [-0.3, -0.25) is 9.67 Å². The van der Waals surface area contributed by atoms with E-state index in [9.17, 15) is 0 Å². The molecule has 0 saturated carbocycles. The highest BCUT2D eigenvalue weighted by molar-refractivity contribution is 5.79. The summed E-state index contributed by atoms with van der Waals surface area (Å²) in [6.07, 6.45) is 2.79. The van der Waals surface area contributed by atoms with Crippen molar-refractivity contribution >= 4 is 5.96 Å². The highest BCUT2D eigenvalue weighted by Gasteiger charge is 2.02. The van der Waals surface area contributed by atoms with Gasteiger partial charge in [0.05, 0.1) is 18.8 Å². The van der Waals surface area contributed by atoms with E-state index >= 15 is 0 Å². The van der Waals surface area contributed by atoms with Gasteiger partial charge in [-0.1, -0.05) is 19.1 Å². The molecule has 6 heteroatoms. The molecule has 1 aromatic heterocycles. The van der Waals surface area contributed by atoms with E-state index in [2.05, 4.69) is 39.8 Å². The largest absolute Gasteiger partial charge is 0.494 e. The Balaban J connectivity index is 1.84. The van der Waals surface area contributed by atoms with E-state index in [1.165, 1.54) is 0 Å². The van der Waals surface area contributed by atoms with Crippen LogP contribution in [0.15, 0.2) is 41.5 Å². The molecule has 0 radical (unpaired) electrons. The number of hydrogen-bond acceptors (Lipinski definition) is 3. The molecule has 6 nitrogen and oxygen atoms in total. The first-order valence-electron chi connectivity index (χ1n) is 7.86. The second-order valence-electron chi connectivity index (χ2n) is 5.22. The fraction of sp³-hybridized carbons (Fsp3) is 0.412. The van der Waals surface area contributed by atoms with Gasteiger partial charge in [-0.25, -0.2) is 0 Å². The average Bonchev–Trinajstić information content (AvgIpc) is 2.98. The monoisotopic (exact) mass is 315 g/mol. The van der Waals surface area contributed by atoms with Gasteiger partial charge in [0.1, 0.15) is 5.75 Å². The van der Waals surface area contributed by atoms with Gasteiger partial charge in [-0.05, 0) is 30.2 Å². The van der Waals surface area contributed by atoms with Crippen molar-refractivity contribution in [2.75, 3.05) is 13.7 Å². The molecular weight excluding hydrogens is 290 g/mol. The van der Waals surface area contributed by atoms with Crippen LogP contribution in [0.4, 0.5) is 0 Å². The van der Waals surface area contributed by atoms with Gasteiger partial charge in [0, 0.05) is 26.8 Å². The van der Waals surface area contributed by atoms with E-state index in [-0.39, 0.29) is 0 Å². The van der Waals surface area contributed by atoms with Crippen molar-refractivity contribution in [3.05, 3.63) is 47.8 Å². The van der Waals surface area contributed by atoms with E-state index in [1.807, 2.05) is 29.9 Å². The Hall–Kier alpha value is -2.50. The van der Waals surface area contributed by atoms with Crippen LogP contribution in [-0.4, -0.2) is 29.4 Å². The van der Waals surface area contributed by atoms with Gasteiger partial charge >= 0.3 is 0 Å². The van der Waals surface area contributed by atoms with Crippen LogP contribution in [0.1, 0.15) is 24.6 Å². The summed E-state index contributed by atoms with van der Waals surface area (Å²) in [7, 11) is 3.69. The number of aromatic nitrogens is 2. The van der Waals surface area contributed by atoms with Crippen LogP contribution >= 0.6 is 0 Å². The third kappa shape index (κ3) is 5.32. The predicted octanol–water partition coefficient (Wildman–Crippen LogP) is 2.07. The maximum absolute atomic E-state index is 5.66. The SMILES string of the molecule is CCCOc1cccc(CNC(=NC)NCc2ccnn2C)c1. The normalized spacial score (nSPS) is 11.3. The Morgan fingerprint density at radius 3 is 2.78 bits per heavy atom. The Morgan fingerprint density at radius 1 is 1.26 bits per heavy atom. The van der Waals surface area contributed by atoms with E-state index in [4.69, 9.17) is 4.74 Å². The molecule has 2 aromatic rings. The number of guanidine groups is 1. The first kappa shape index (κ1) is 16.9. The Kier molecular flexibility index (Phi) is 6.47. The first-order chi connectivity index (χ1) is 11.2. The van der Waals surface area contributed by atoms with Crippen LogP contribution in [0, 0.1) is 0 Å². The maximum Gasteiger partial charge on any atom is 0.191 e. The van der Waals surface area contributed by atoms with Crippen molar-refractivity contribution in [1.29, 1.82) is 0 Å². The topological polar surface area (TPSA) is 63.5 Å². The molecule has 23 heavy (non-hydrogen) atoms. The van der Waals surface area contributed by atoms with Gasteiger partial charge in [-0.15, -0.1) is 0 Å². The third-order valence-electron chi connectivity index (χ3n) is 3.41. The summed E-state index contributed by atoms with van der Waals surface area (Å²) >= 11 is 0. The molecule has 2 rings (SSSR count). The molecule has 2 N–H and O–H groups in total. The van der Waals surface area contributed by atoms with Crippen molar-refractivity contribution in [1.82, 2.24) is 20.4 Å². The van der Waals surface area contributed by atoms with Gasteiger partial charge in [0.25, 0.3) is 0 Å². The van der Waals surface area contributed by atoms with Gasteiger partial charge < -0.3 is 15.4 Å². The molecule has 0 spiro atoms. The van der Waals surface area contributed by atoms with Crippen molar-refractivity contribution in [3.63, 3.8) is 0 Å². The zero-order valence-electron chi connectivity index (χ0n) is 14.0. The summed E-state index contributed by atoms with van der Waals surface area (Å²) in [4.78, 5) is 4.24. The first-order valence-corrected chi connectivity index (χ1v) is 7.86. The average molecular weight is 315 g/mol. The number of aryl methyl sites for hydroxylation is 1. The fourth-order valence-electron chi connectivity index (χ4n) is 2.12. The summed E-state index contributed by atoms with van der Waals surface area (Å²) in [5.41, 5.74) is 2.25. The zero-order chi connectivity index (χ0) is 16.5. The van der Waals surface area contributed by atoms with Crippen molar-refractivity contribution < 1.29 is 4.74 Å². The number of rotatable bonds is 7. The van der Waals surface area contributed by atoms with Crippen LogP contribution in [0.5, 0.6) is 5.75 Å². The smallest absolute Gasteiger partial charge is 0.191 e. The van der Waals surface area contributed by atoms with Gasteiger partial charge in [-0.2, -0.15) is 5.10 Å². The van der Waals surface area contributed by atoms with Crippen molar-refractivity contribution in [3.8, 4) is 5.75 Å². The highest BCUT2D eigenvalue weighted by atomic mass is 16.5. The molecule has 0 aliphatic rings. The minimum atomic E-state index is 0.676. The van der Waals surface area contributed by atoms with E-state index in [0.717, 1.165) is 36.0 Å². The molecular formula is C17H25N5O. The molecule has 0 unspecified atom stereocenters. The molecule has 0 bridgehead atoms. The molecule has 1 aromatic carbocycles. The Bertz CT molecular complexity index is 635. The second-order valence-corrected chi connectivity index (χ2v) is 5.22. The van der Waals surface area contributed by atoms with Gasteiger partial charge in [0.2, 0.25) is 0 Å². The predicted molar refractivity (Wildman–Crippen MR) is 92.5 cm³/mol. The minimum absolute atomic E-state index is 0.676. The quantitative estimate of drug-likeness (QED) is 0.606. The molecule has 0 aliphatic heterocycles. The number of ether oxygens (including phenoxy) is 1. The number of hydrogen-bond donors (Lipinski definition) is 2. The molecule has 1 heterocycles. The molecule has 0 aliphatic carbocycles. The molecule has 0 atom stereocenters. The molecule has 0 amide bonds. The fourth-order valence-corrected chi connectivity index (χ4v) is 2.12. The lowest BCUT2D eigenvalue weighted by Gasteiger charge is -2.13. The standard InChI is InChI=1S/C17H25N5O/c1-4-10-23-16-7-5-6-14(11-16)12-19-17(18-2)20-13-15-8-9-21-22(15)3/h5-9,11H,4,10,12-13H2,1-3H3,(H2,18,19,20). The Labute approximate surface area is 137 Å². The van der Waals surface area contributed by atoms with Crippen LogP contribution < -0.4 is 15.4 Å². The minimum Gasteiger partial charge on any atom is -0.494 e. The highest BCUT2D eigenvalue weighted by Crippen LogP contribution is 2.13. The lowest BCUT2D eigenvalue weighted by atomic mass is 10.2. The molecule has 0 fully saturated rings. The number of aliphatic imine (C=N–C) groups is 1. The lowest BCUT2D eigenvalue weighted by molar-refractivity contribution is 0.317. The zero-order valence-corrected chi connectivity index (χ0v) is 14.0. The van der Waals surface area contributed by atoms with Crippen LogP contribution in [0.3, 0.4) is 0 Å². The van der Waals surface area contributed by atoms with E-state index in [1.54, 1.807) is 13.2 Å². The number of nitrogens with zero attached hydrogens (tertiary/aromatic N) is 3. The molecule has 124 valence electrons. The molecule has 0 saturated heterocycles. The summed E-state index contributed by atoms with van der Waals surface area (Å²) < 4.78 is 7.50. The van der Waals surface area contributed by atoms with Crippen LogP contribution in [0.2, 0.25) is 0 Å². The maximum atomic E-state index is 5.66.